The average molecular weight is 330 g/mol. The van der Waals surface area contributed by atoms with Crippen molar-refractivity contribution in [3.8, 4) is 0 Å². The smallest absolute Gasteiger partial charge is 0.139 e. The van der Waals surface area contributed by atoms with Crippen LogP contribution in [0.1, 0.15) is 19.3 Å². The first kappa shape index (κ1) is 13.3. The molecule has 0 aliphatic carbocycles. The minimum absolute atomic E-state index is 0.121. The van der Waals surface area contributed by atoms with Crippen LogP contribution in [0.15, 0.2) is 22.7 Å². The van der Waals surface area contributed by atoms with E-state index in [9.17, 15) is 4.39 Å². The Balaban J connectivity index is 1.67. The second-order valence-electron chi connectivity index (χ2n) is 5.30. The number of nitrogens with one attached hydrogen (secondary N) is 1. The van der Waals surface area contributed by atoms with Crippen LogP contribution in [0.2, 0.25) is 0 Å². The first-order valence-electron chi connectivity index (χ1n) is 6.60. The van der Waals surface area contributed by atoms with E-state index >= 15 is 0 Å². The lowest BCUT2D eigenvalue weighted by molar-refractivity contribution is -0.0828. The zero-order valence-corrected chi connectivity index (χ0v) is 12.2. The van der Waals surface area contributed by atoms with Gasteiger partial charge in [0.15, 0.2) is 0 Å². The van der Waals surface area contributed by atoms with Gasteiger partial charge in [0, 0.05) is 31.4 Å². The summed E-state index contributed by atoms with van der Waals surface area (Å²) >= 11 is 3.16. The van der Waals surface area contributed by atoms with E-state index in [0.29, 0.717) is 17.1 Å². The van der Waals surface area contributed by atoms with Gasteiger partial charge in [-0.3, -0.25) is 0 Å². The molecule has 19 heavy (non-hydrogen) atoms. The number of anilines is 1. The van der Waals surface area contributed by atoms with Crippen molar-refractivity contribution in [1.29, 1.82) is 0 Å². The van der Waals surface area contributed by atoms with Crippen molar-refractivity contribution >= 4 is 21.6 Å². The summed E-state index contributed by atoms with van der Waals surface area (Å²) in [6.45, 7) is 2.19. The van der Waals surface area contributed by atoms with E-state index in [0.717, 1.165) is 38.2 Å². The molecule has 2 unspecified atom stereocenters. The lowest BCUT2D eigenvalue weighted by Crippen LogP contribution is -2.44. The molecule has 2 saturated heterocycles. The number of hydrogen-bond donors (Lipinski definition) is 1. The molecule has 1 aromatic carbocycles. The van der Waals surface area contributed by atoms with E-state index in [2.05, 4.69) is 21.2 Å². The Morgan fingerprint density at radius 2 is 2.26 bits per heavy atom. The molecule has 5 heteroatoms. The first-order valence-corrected chi connectivity index (χ1v) is 7.39. The topological polar surface area (TPSA) is 30.5 Å². The van der Waals surface area contributed by atoms with Crippen molar-refractivity contribution in [2.75, 3.05) is 25.1 Å². The van der Waals surface area contributed by atoms with E-state index in [-0.39, 0.29) is 11.4 Å². The molecule has 3 rings (SSSR count). The average Bonchev–Trinajstić information content (AvgIpc) is 2.82. The number of ether oxygens (including phenoxy) is 2. The Kier molecular flexibility index (Phi) is 3.78. The monoisotopic (exact) mass is 329 g/mol. The quantitative estimate of drug-likeness (QED) is 0.902. The molecule has 0 aromatic heterocycles. The van der Waals surface area contributed by atoms with Crippen LogP contribution in [0, 0.1) is 5.82 Å². The number of benzene rings is 1. The molecule has 0 radical (unpaired) electrons. The zero-order chi connectivity index (χ0) is 13.3. The highest BCUT2D eigenvalue weighted by Gasteiger charge is 2.40. The summed E-state index contributed by atoms with van der Waals surface area (Å²) < 4.78 is 25.3. The number of hydrogen-bond acceptors (Lipinski definition) is 3. The summed E-state index contributed by atoms with van der Waals surface area (Å²) in [5, 5.41) is 3.40. The van der Waals surface area contributed by atoms with Crippen LogP contribution in [0.4, 0.5) is 10.1 Å². The van der Waals surface area contributed by atoms with E-state index in [1.165, 1.54) is 6.07 Å². The highest BCUT2D eigenvalue weighted by molar-refractivity contribution is 9.10. The minimum Gasteiger partial charge on any atom is -0.382 e. The Labute approximate surface area is 120 Å². The van der Waals surface area contributed by atoms with E-state index in [1.807, 2.05) is 6.07 Å². The minimum atomic E-state index is -0.240. The van der Waals surface area contributed by atoms with Gasteiger partial charge in [0.25, 0.3) is 0 Å². The molecule has 1 N–H and O–H groups in total. The SMILES string of the molecule is Fc1cc(NC2CCOC3(CCOC3)C2)ccc1Br. The summed E-state index contributed by atoms with van der Waals surface area (Å²) in [4.78, 5) is 0. The van der Waals surface area contributed by atoms with Crippen LogP contribution >= 0.6 is 15.9 Å². The standard InChI is InChI=1S/C14H17BrFNO2/c15-12-2-1-10(7-13(12)16)17-11-3-5-19-14(8-11)4-6-18-9-14/h1-2,7,11,17H,3-6,8-9H2. The van der Waals surface area contributed by atoms with Crippen molar-refractivity contribution in [3.05, 3.63) is 28.5 Å². The van der Waals surface area contributed by atoms with Gasteiger partial charge in [-0.2, -0.15) is 0 Å². The maximum atomic E-state index is 13.5. The van der Waals surface area contributed by atoms with Gasteiger partial charge in [-0.15, -0.1) is 0 Å². The molecule has 2 atom stereocenters. The van der Waals surface area contributed by atoms with E-state index < -0.39 is 0 Å². The van der Waals surface area contributed by atoms with Crippen LogP contribution in [0.25, 0.3) is 0 Å². The molecular weight excluding hydrogens is 313 g/mol. The third-order valence-corrected chi connectivity index (χ3v) is 4.49. The Morgan fingerprint density at radius 3 is 3.00 bits per heavy atom. The fourth-order valence-corrected chi connectivity index (χ4v) is 3.08. The fraction of sp³-hybridized carbons (Fsp3) is 0.571. The first-order chi connectivity index (χ1) is 9.17. The van der Waals surface area contributed by atoms with Gasteiger partial charge < -0.3 is 14.8 Å². The summed E-state index contributed by atoms with van der Waals surface area (Å²) in [5.41, 5.74) is 0.700. The van der Waals surface area contributed by atoms with Gasteiger partial charge in [-0.1, -0.05) is 0 Å². The Morgan fingerprint density at radius 1 is 1.37 bits per heavy atom. The van der Waals surface area contributed by atoms with Crippen LogP contribution in [0.3, 0.4) is 0 Å². The molecule has 2 heterocycles. The largest absolute Gasteiger partial charge is 0.382 e. The van der Waals surface area contributed by atoms with Crippen molar-refractivity contribution < 1.29 is 13.9 Å². The molecule has 2 aliphatic rings. The summed E-state index contributed by atoms with van der Waals surface area (Å²) in [5.74, 6) is -0.240. The Bertz CT molecular complexity index is 463. The maximum absolute atomic E-state index is 13.5. The summed E-state index contributed by atoms with van der Waals surface area (Å²) in [6.07, 6.45) is 2.82. The highest BCUT2D eigenvalue weighted by Crippen LogP contribution is 2.34. The fourth-order valence-electron chi connectivity index (χ4n) is 2.84. The van der Waals surface area contributed by atoms with Crippen LogP contribution in [-0.4, -0.2) is 31.5 Å². The van der Waals surface area contributed by atoms with Crippen LogP contribution in [0.5, 0.6) is 0 Å². The number of halogens is 2. The zero-order valence-electron chi connectivity index (χ0n) is 10.6. The van der Waals surface area contributed by atoms with Gasteiger partial charge in [0.2, 0.25) is 0 Å². The molecule has 1 aromatic rings. The molecule has 3 nitrogen and oxygen atoms in total. The number of rotatable bonds is 2. The normalized spacial score (nSPS) is 30.7. The highest BCUT2D eigenvalue weighted by atomic mass is 79.9. The lowest BCUT2D eigenvalue weighted by Gasteiger charge is -2.37. The van der Waals surface area contributed by atoms with Gasteiger partial charge in [-0.25, -0.2) is 4.39 Å². The second-order valence-corrected chi connectivity index (χ2v) is 6.15. The van der Waals surface area contributed by atoms with Crippen molar-refractivity contribution in [3.63, 3.8) is 0 Å². The van der Waals surface area contributed by atoms with Crippen LogP contribution < -0.4 is 5.32 Å². The van der Waals surface area contributed by atoms with Crippen molar-refractivity contribution in [2.45, 2.75) is 30.9 Å². The lowest BCUT2D eigenvalue weighted by atomic mass is 9.89. The molecule has 1 spiro atoms. The van der Waals surface area contributed by atoms with Gasteiger partial charge in [-0.05, 0) is 47.0 Å². The van der Waals surface area contributed by atoms with Crippen LogP contribution in [-0.2, 0) is 9.47 Å². The third-order valence-electron chi connectivity index (χ3n) is 3.85. The van der Waals surface area contributed by atoms with Crippen molar-refractivity contribution in [2.24, 2.45) is 0 Å². The van der Waals surface area contributed by atoms with E-state index in [4.69, 9.17) is 9.47 Å². The molecule has 0 amide bonds. The van der Waals surface area contributed by atoms with Gasteiger partial charge in [0.1, 0.15) is 5.82 Å². The molecule has 2 fully saturated rings. The second kappa shape index (κ2) is 5.38. The molecule has 0 bridgehead atoms. The molecular formula is C14H17BrFNO2. The van der Waals surface area contributed by atoms with Crippen molar-refractivity contribution in [1.82, 2.24) is 0 Å². The predicted molar refractivity (Wildman–Crippen MR) is 74.9 cm³/mol. The van der Waals surface area contributed by atoms with Gasteiger partial charge >= 0.3 is 0 Å². The molecule has 2 aliphatic heterocycles. The summed E-state index contributed by atoms with van der Waals surface area (Å²) in [7, 11) is 0. The third kappa shape index (κ3) is 2.93. The molecule has 0 saturated carbocycles. The van der Waals surface area contributed by atoms with Gasteiger partial charge in [0.05, 0.1) is 16.7 Å². The maximum Gasteiger partial charge on any atom is 0.139 e. The Hall–Kier alpha value is -0.650. The summed E-state index contributed by atoms with van der Waals surface area (Å²) in [6, 6.07) is 5.46. The predicted octanol–water partition coefficient (Wildman–Crippen LogP) is 3.34. The molecule has 104 valence electrons. The van der Waals surface area contributed by atoms with E-state index in [1.54, 1.807) is 6.07 Å².